The van der Waals surface area contributed by atoms with Gasteiger partial charge in [0.25, 0.3) is 0 Å². The summed E-state index contributed by atoms with van der Waals surface area (Å²) >= 11 is 5.33. The third-order valence-corrected chi connectivity index (χ3v) is 5.24. The molecule has 6 heteroatoms. The summed E-state index contributed by atoms with van der Waals surface area (Å²) in [6.07, 6.45) is 0.866. The van der Waals surface area contributed by atoms with Crippen LogP contribution in [0.4, 0.5) is 0 Å². The number of aromatic nitrogens is 2. The molecule has 104 valence electrons. The maximum Gasteiger partial charge on any atom is 0.134 e. The highest BCUT2D eigenvalue weighted by atomic mass is 79.9. The molecule has 2 aromatic rings. The van der Waals surface area contributed by atoms with E-state index in [2.05, 4.69) is 31.7 Å². The number of halogens is 1. The average Bonchev–Trinajstić information content (AvgIpc) is 2.95. The van der Waals surface area contributed by atoms with Crippen molar-refractivity contribution < 1.29 is 4.74 Å². The van der Waals surface area contributed by atoms with E-state index in [1.807, 2.05) is 31.8 Å². The summed E-state index contributed by atoms with van der Waals surface area (Å²) in [5, 5.41) is 9.85. The summed E-state index contributed by atoms with van der Waals surface area (Å²) in [5.41, 5.74) is 2.21. The molecule has 19 heavy (non-hydrogen) atoms. The fourth-order valence-electron chi connectivity index (χ4n) is 2.15. The Morgan fingerprint density at radius 2 is 2.32 bits per heavy atom. The summed E-state index contributed by atoms with van der Waals surface area (Å²) < 4.78 is 8.43. The van der Waals surface area contributed by atoms with Crippen LogP contribution in [0.25, 0.3) is 0 Å². The molecular formula is C13H18BrN3OS. The van der Waals surface area contributed by atoms with Crippen LogP contribution in [0.2, 0.25) is 0 Å². The van der Waals surface area contributed by atoms with E-state index in [4.69, 9.17) is 4.74 Å². The van der Waals surface area contributed by atoms with Crippen molar-refractivity contribution in [2.75, 3.05) is 14.2 Å². The summed E-state index contributed by atoms with van der Waals surface area (Å²) in [6, 6.07) is 2.23. The molecule has 4 nitrogen and oxygen atoms in total. The molecule has 0 radical (unpaired) electrons. The van der Waals surface area contributed by atoms with Crippen LogP contribution in [0.3, 0.4) is 0 Å². The van der Waals surface area contributed by atoms with Gasteiger partial charge in [-0.2, -0.15) is 5.10 Å². The number of hydrogen-bond donors (Lipinski definition) is 1. The Balaban J connectivity index is 2.29. The van der Waals surface area contributed by atoms with Gasteiger partial charge in [0.2, 0.25) is 0 Å². The number of ether oxygens (including phenoxy) is 1. The fourth-order valence-corrected chi connectivity index (χ4v) is 3.62. The first-order valence-corrected chi connectivity index (χ1v) is 7.72. The van der Waals surface area contributed by atoms with Crippen molar-refractivity contribution in [1.29, 1.82) is 0 Å². The number of nitrogens with one attached hydrogen (secondary N) is 1. The predicted octanol–water partition coefficient (Wildman–Crippen LogP) is 3.06. The van der Waals surface area contributed by atoms with Gasteiger partial charge in [-0.25, -0.2) is 0 Å². The molecule has 0 aliphatic carbocycles. The van der Waals surface area contributed by atoms with Crippen molar-refractivity contribution in [3.63, 3.8) is 0 Å². The third-order valence-electron chi connectivity index (χ3n) is 3.20. The molecule has 2 heterocycles. The van der Waals surface area contributed by atoms with Gasteiger partial charge in [-0.1, -0.05) is 0 Å². The van der Waals surface area contributed by atoms with Crippen LogP contribution >= 0.6 is 27.3 Å². The molecular weight excluding hydrogens is 326 g/mol. The Labute approximate surface area is 125 Å². The summed E-state index contributed by atoms with van der Waals surface area (Å²) in [6.45, 7) is 2.01. The molecule has 0 amide bonds. The highest BCUT2D eigenvalue weighted by molar-refractivity contribution is 9.10. The van der Waals surface area contributed by atoms with Crippen molar-refractivity contribution in [1.82, 2.24) is 15.1 Å². The lowest BCUT2D eigenvalue weighted by Crippen LogP contribution is -2.20. The predicted molar refractivity (Wildman–Crippen MR) is 82.0 cm³/mol. The first-order valence-electron chi connectivity index (χ1n) is 6.05. The second kappa shape index (κ2) is 6.07. The van der Waals surface area contributed by atoms with Gasteiger partial charge >= 0.3 is 0 Å². The number of rotatable bonds is 5. The summed E-state index contributed by atoms with van der Waals surface area (Å²) in [7, 11) is 5.66. The Morgan fingerprint density at radius 1 is 1.58 bits per heavy atom. The minimum absolute atomic E-state index is 0.223. The normalized spacial score (nSPS) is 12.7. The zero-order valence-corrected chi connectivity index (χ0v) is 13.9. The van der Waals surface area contributed by atoms with E-state index < -0.39 is 0 Å². The van der Waals surface area contributed by atoms with Crippen LogP contribution in [-0.4, -0.2) is 23.9 Å². The molecule has 0 bridgehead atoms. The Hall–Kier alpha value is -0.850. The van der Waals surface area contributed by atoms with Crippen LogP contribution in [-0.2, 0) is 13.5 Å². The molecule has 0 spiro atoms. The molecule has 2 rings (SSSR count). The van der Waals surface area contributed by atoms with E-state index in [9.17, 15) is 0 Å². The van der Waals surface area contributed by atoms with Gasteiger partial charge in [0.1, 0.15) is 5.75 Å². The second-order valence-electron chi connectivity index (χ2n) is 4.37. The topological polar surface area (TPSA) is 39.1 Å². The largest absolute Gasteiger partial charge is 0.496 e. The van der Waals surface area contributed by atoms with Crippen molar-refractivity contribution in [2.45, 2.75) is 19.4 Å². The van der Waals surface area contributed by atoms with Crippen LogP contribution in [0, 0.1) is 6.92 Å². The molecule has 0 aliphatic heterocycles. The van der Waals surface area contributed by atoms with Crippen molar-refractivity contribution in [2.24, 2.45) is 7.05 Å². The molecule has 0 fully saturated rings. The van der Waals surface area contributed by atoms with Gasteiger partial charge in [-0.3, -0.25) is 4.68 Å². The summed E-state index contributed by atoms with van der Waals surface area (Å²) in [5.74, 6) is 0.944. The standard InChI is InChI=1S/C13H18BrN3OS/c1-8-12(14)10(17(3)16-8)7-9(15-2)13-11(18-4)5-6-19-13/h5-6,9,15H,7H2,1-4H3. The zero-order valence-electron chi connectivity index (χ0n) is 11.5. The third kappa shape index (κ3) is 2.85. The van der Waals surface area contributed by atoms with E-state index in [1.54, 1.807) is 18.4 Å². The number of aryl methyl sites for hydroxylation is 2. The maximum absolute atomic E-state index is 5.41. The Bertz CT molecular complexity index is 564. The molecule has 0 saturated heterocycles. The van der Waals surface area contributed by atoms with E-state index in [0.717, 1.165) is 22.3 Å². The van der Waals surface area contributed by atoms with Crippen LogP contribution in [0.15, 0.2) is 15.9 Å². The van der Waals surface area contributed by atoms with Gasteiger partial charge in [-0.05, 0) is 41.3 Å². The minimum Gasteiger partial charge on any atom is -0.496 e. The monoisotopic (exact) mass is 343 g/mol. The van der Waals surface area contributed by atoms with Gasteiger partial charge in [0, 0.05) is 13.5 Å². The maximum atomic E-state index is 5.41. The van der Waals surface area contributed by atoms with Crippen molar-refractivity contribution in [3.05, 3.63) is 32.2 Å². The number of likely N-dealkylation sites (N-methyl/N-ethyl adjacent to an activating group) is 1. The average molecular weight is 344 g/mol. The van der Waals surface area contributed by atoms with Crippen LogP contribution in [0.1, 0.15) is 22.3 Å². The summed E-state index contributed by atoms with van der Waals surface area (Å²) in [4.78, 5) is 1.22. The smallest absolute Gasteiger partial charge is 0.134 e. The molecule has 1 N–H and O–H groups in total. The van der Waals surface area contributed by atoms with Gasteiger partial charge < -0.3 is 10.1 Å². The number of hydrogen-bond acceptors (Lipinski definition) is 4. The van der Waals surface area contributed by atoms with Gasteiger partial charge in [0.05, 0.1) is 33.9 Å². The molecule has 2 aromatic heterocycles. The Morgan fingerprint density at radius 3 is 2.84 bits per heavy atom. The first-order chi connectivity index (χ1) is 9.08. The number of nitrogens with zero attached hydrogens (tertiary/aromatic N) is 2. The highest BCUT2D eigenvalue weighted by Crippen LogP contribution is 2.34. The van der Waals surface area contributed by atoms with E-state index >= 15 is 0 Å². The quantitative estimate of drug-likeness (QED) is 0.906. The van der Waals surface area contributed by atoms with Crippen molar-refractivity contribution in [3.8, 4) is 5.75 Å². The first kappa shape index (κ1) is 14.6. The molecule has 0 aromatic carbocycles. The van der Waals surface area contributed by atoms with Gasteiger partial charge in [-0.15, -0.1) is 11.3 Å². The van der Waals surface area contributed by atoms with E-state index in [-0.39, 0.29) is 6.04 Å². The van der Waals surface area contributed by atoms with Crippen LogP contribution in [0.5, 0.6) is 5.75 Å². The molecule has 0 aliphatic rings. The SMILES string of the molecule is CNC(Cc1c(Br)c(C)nn1C)c1sccc1OC. The fraction of sp³-hybridized carbons (Fsp3) is 0.462. The van der Waals surface area contributed by atoms with Crippen molar-refractivity contribution >= 4 is 27.3 Å². The minimum atomic E-state index is 0.223. The lowest BCUT2D eigenvalue weighted by atomic mass is 10.1. The van der Waals surface area contributed by atoms with E-state index in [1.165, 1.54) is 10.6 Å². The van der Waals surface area contributed by atoms with E-state index in [0.29, 0.717) is 0 Å². The Kier molecular flexibility index (Phi) is 4.65. The van der Waals surface area contributed by atoms with Crippen LogP contribution < -0.4 is 10.1 Å². The molecule has 0 saturated carbocycles. The molecule has 1 atom stereocenters. The zero-order chi connectivity index (χ0) is 14.0. The second-order valence-corrected chi connectivity index (χ2v) is 6.11. The lowest BCUT2D eigenvalue weighted by Gasteiger charge is -2.16. The number of methoxy groups -OCH3 is 1. The number of thiophene rings is 1. The van der Waals surface area contributed by atoms with Gasteiger partial charge in [0.15, 0.2) is 0 Å². The lowest BCUT2D eigenvalue weighted by molar-refractivity contribution is 0.404. The molecule has 1 unspecified atom stereocenters. The highest BCUT2D eigenvalue weighted by Gasteiger charge is 2.20.